The predicted octanol–water partition coefficient (Wildman–Crippen LogP) is 7.17. The maximum Gasteiger partial charge on any atom is 0.159 e. The molecule has 0 radical (unpaired) electrons. The van der Waals surface area contributed by atoms with Gasteiger partial charge < -0.3 is 14.8 Å². The molecule has 0 saturated carbocycles. The fourth-order valence-electron chi connectivity index (χ4n) is 5.93. The summed E-state index contributed by atoms with van der Waals surface area (Å²) in [5.41, 5.74) is 8.97. The number of hydrogen-bond donors (Lipinski definition) is 2. The summed E-state index contributed by atoms with van der Waals surface area (Å²) in [7, 11) is 4.01. The molecule has 4 heterocycles. The van der Waals surface area contributed by atoms with Crippen LogP contribution in [-0.2, 0) is 6.42 Å². The minimum Gasteiger partial charge on any atom is -0.376 e. The molecule has 1 saturated heterocycles. The quantitative estimate of drug-likeness (QED) is 0.173. The van der Waals surface area contributed by atoms with Crippen LogP contribution >= 0.6 is 0 Å². The Morgan fingerprint density at radius 2 is 1.91 bits per heavy atom. The van der Waals surface area contributed by atoms with Crippen LogP contribution in [0.25, 0.3) is 39.1 Å². The van der Waals surface area contributed by atoms with Crippen molar-refractivity contribution in [3.8, 4) is 22.6 Å². The summed E-state index contributed by atoms with van der Waals surface area (Å²) >= 11 is 0. The number of likely N-dealkylation sites (tertiary alicyclic amines) is 1. The molecule has 5 aromatic rings. The predicted molar refractivity (Wildman–Crippen MR) is 174 cm³/mol. The standard InChI is InChI=1S/C35H38FN7/c1-5-9-30(26-16-24(17-28(36)18-26)10-8-15-43-13-6-7-14-43)33-23(2)38-35(39-33)34-31-20-25(11-12-32(31)40-41-34)27-19-29(42(3)4)22-37-21-27/h5,9,11-12,16-22H,1,6-8,10,13-15H2,2-4H3,(H,38,39)(H,40,41)/b30-9-. The molecule has 0 unspecified atom stereocenters. The number of aryl methyl sites for hydroxylation is 2. The molecule has 8 heteroatoms. The van der Waals surface area contributed by atoms with Gasteiger partial charge in [0.15, 0.2) is 5.82 Å². The largest absolute Gasteiger partial charge is 0.376 e. The van der Waals surface area contributed by atoms with Crippen molar-refractivity contribution in [2.75, 3.05) is 38.6 Å². The van der Waals surface area contributed by atoms with E-state index in [-0.39, 0.29) is 5.82 Å². The summed E-state index contributed by atoms with van der Waals surface area (Å²) in [6.45, 7) is 9.32. The van der Waals surface area contributed by atoms with Crippen LogP contribution in [0.5, 0.6) is 0 Å². The summed E-state index contributed by atoms with van der Waals surface area (Å²) in [6, 6.07) is 13.7. The number of fused-ring (bicyclic) bond motifs is 1. The molecular formula is C35H38FN7. The van der Waals surface area contributed by atoms with E-state index in [2.05, 4.69) is 55.9 Å². The van der Waals surface area contributed by atoms with Crippen molar-refractivity contribution in [1.82, 2.24) is 30.0 Å². The van der Waals surface area contributed by atoms with E-state index in [1.54, 1.807) is 18.2 Å². The highest BCUT2D eigenvalue weighted by molar-refractivity contribution is 5.95. The Hall–Kier alpha value is -4.56. The molecule has 3 aromatic heterocycles. The lowest BCUT2D eigenvalue weighted by Gasteiger charge is -2.14. The van der Waals surface area contributed by atoms with E-state index in [4.69, 9.17) is 4.98 Å². The number of allylic oxidation sites excluding steroid dienone is 2. The van der Waals surface area contributed by atoms with Crippen LogP contribution in [0.3, 0.4) is 0 Å². The average Bonchev–Trinajstić information content (AvgIpc) is 3.75. The van der Waals surface area contributed by atoms with Crippen LogP contribution in [0.2, 0.25) is 0 Å². The van der Waals surface area contributed by atoms with E-state index in [0.29, 0.717) is 5.82 Å². The Morgan fingerprint density at radius 3 is 2.70 bits per heavy atom. The molecule has 0 spiro atoms. The number of nitrogens with zero attached hydrogens (tertiary/aromatic N) is 5. The van der Waals surface area contributed by atoms with Crippen LogP contribution in [0.1, 0.15) is 41.8 Å². The lowest BCUT2D eigenvalue weighted by Crippen LogP contribution is -2.20. The van der Waals surface area contributed by atoms with Gasteiger partial charge in [-0.15, -0.1) is 0 Å². The first-order valence-corrected chi connectivity index (χ1v) is 14.9. The summed E-state index contributed by atoms with van der Waals surface area (Å²) in [5.74, 6) is 0.406. The number of aromatic nitrogens is 5. The SMILES string of the molecule is C=C/C=C(/c1cc(F)cc(CCCN2CCCC2)c1)c1nc(-c2n[nH]c3ccc(-c4cncc(N(C)C)c4)cc23)[nH]c1C. The average molecular weight is 576 g/mol. The Bertz CT molecular complexity index is 1790. The Morgan fingerprint density at radius 1 is 1.07 bits per heavy atom. The molecule has 0 bridgehead atoms. The van der Waals surface area contributed by atoms with E-state index in [1.807, 2.05) is 50.5 Å². The van der Waals surface area contributed by atoms with Gasteiger partial charge in [-0.05, 0) is 99.3 Å². The molecule has 1 aliphatic heterocycles. The third-order valence-corrected chi connectivity index (χ3v) is 8.19. The maximum absolute atomic E-state index is 14.9. The lowest BCUT2D eigenvalue weighted by atomic mass is 9.97. The van der Waals surface area contributed by atoms with Gasteiger partial charge in [0.2, 0.25) is 0 Å². The summed E-state index contributed by atoms with van der Waals surface area (Å²) < 4.78 is 14.9. The van der Waals surface area contributed by atoms with Crippen LogP contribution < -0.4 is 4.90 Å². The highest BCUT2D eigenvalue weighted by atomic mass is 19.1. The van der Waals surface area contributed by atoms with Gasteiger partial charge in [-0.1, -0.05) is 30.9 Å². The normalized spacial score (nSPS) is 14.1. The fraction of sp³-hybridized carbons (Fsp3) is 0.286. The molecule has 0 amide bonds. The van der Waals surface area contributed by atoms with Crippen molar-refractivity contribution in [2.45, 2.75) is 32.6 Å². The van der Waals surface area contributed by atoms with Gasteiger partial charge in [-0.3, -0.25) is 10.1 Å². The van der Waals surface area contributed by atoms with Crippen molar-refractivity contribution in [3.63, 3.8) is 0 Å². The van der Waals surface area contributed by atoms with Crippen molar-refractivity contribution in [2.24, 2.45) is 0 Å². The topological polar surface area (TPSA) is 76.7 Å². The first kappa shape index (κ1) is 28.6. The fourth-order valence-corrected chi connectivity index (χ4v) is 5.93. The zero-order valence-corrected chi connectivity index (χ0v) is 25.1. The third-order valence-electron chi connectivity index (χ3n) is 8.19. The van der Waals surface area contributed by atoms with Crippen LogP contribution in [-0.4, -0.2) is 63.8 Å². The second-order valence-corrected chi connectivity index (χ2v) is 11.5. The van der Waals surface area contributed by atoms with Crippen LogP contribution in [0.4, 0.5) is 10.1 Å². The summed E-state index contributed by atoms with van der Waals surface area (Å²) in [6.07, 6.45) is 11.8. The van der Waals surface area contributed by atoms with Gasteiger partial charge in [-0.2, -0.15) is 5.10 Å². The molecule has 0 aliphatic carbocycles. The van der Waals surface area contributed by atoms with Crippen LogP contribution in [0, 0.1) is 12.7 Å². The molecule has 7 nitrogen and oxygen atoms in total. The second-order valence-electron chi connectivity index (χ2n) is 11.5. The molecule has 43 heavy (non-hydrogen) atoms. The number of imidazole rings is 1. The first-order valence-electron chi connectivity index (χ1n) is 14.9. The molecule has 6 rings (SSSR count). The van der Waals surface area contributed by atoms with Gasteiger partial charge in [0.1, 0.15) is 11.5 Å². The number of halogens is 1. The number of aromatic amines is 2. The van der Waals surface area contributed by atoms with Gasteiger partial charge >= 0.3 is 0 Å². The second kappa shape index (κ2) is 12.4. The number of pyridine rings is 1. The Labute approximate surface area is 252 Å². The first-order chi connectivity index (χ1) is 20.9. The minimum atomic E-state index is -0.240. The Kier molecular flexibility index (Phi) is 8.20. The van der Waals surface area contributed by atoms with Crippen molar-refractivity contribution in [1.29, 1.82) is 0 Å². The monoisotopic (exact) mass is 575 g/mol. The Balaban J connectivity index is 1.32. The van der Waals surface area contributed by atoms with Gasteiger partial charge in [0.25, 0.3) is 0 Å². The molecule has 2 aromatic carbocycles. The third kappa shape index (κ3) is 6.15. The van der Waals surface area contributed by atoms with Gasteiger partial charge in [0, 0.05) is 42.5 Å². The summed E-state index contributed by atoms with van der Waals surface area (Å²) in [5, 5.41) is 8.73. The molecule has 2 N–H and O–H groups in total. The van der Waals surface area contributed by atoms with E-state index in [9.17, 15) is 4.39 Å². The zero-order chi connectivity index (χ0) is 29.9. The molecule has 220 valence electrons. The molecular weight excluding hydrogens is 537 g/mol. The highest BCUT2D eigenvalue weighted by Crippen LogP contribution is 2.33. The zero-order valence-electron chi connectivity index (χ0n) is 25.1. The van der Waals surface area contributed by atoms with E-state index in [0.717, 1.165) is 80.9 Å². The molecule has 0 atom stereocenters. The van der Waals surface area contributed by atoms with E-state index in [1.165, 1.54) is 25.9 Å². The van der Waals surface area contributed by atoms with Crippen molar-refractivity contribution in [3.05, 3.63) is 102 Å². The lowest BCUT2D eigenvalue weighted by molar-refractivity contribution is 0.334. The van der Waals surface area contributed by atoms with E-state index < -0.39 is 0 Å². The number of rotatable bonds is 10. The molecule has 1 aliphatic rings. The smallest absolute Gasteiger partial charge is 0.159 e. The van der Waals surface area contributed by atoms with Crippen molar-refractivity contribution >= 4 is 22.2 Å². The molecule has 1 fully saturated rings. The number of H-pyrrole nitrogens is 2. The van der Waals surface area contributed by atoms with E-state index >= 15 is 0 Å². The maximum atomic E-state index is 14.9. The number of hydrogen-bond acceptors (Lipinski definition) is 5. The van der Waals surface area contributed by atoms with Crippen LogP contribution in [0.15, 0.2) is 73.6 Å². The van der Waals surface area contributed by atoms with Gasteiger partial charge in [-0.25, -0.2) is 9.37 Å². The highest BCUT2D eigenvalue weighted by Gasteiger charge is 2.19. The summed E-state index contributed by atoms with van der Waals surface area (Å²) in [4.78, 5) is 17.4. The van der Waals surface area contributed by atoms with Gasteiger partial charge in [0.05, 0.1) is 23.1 Å². The minimum absolute atomic E-state index is 0.240. The number of anilines is 1. The number of benzene rings is 2. The number of nitrogens with one attached hydrogen (secondary N) is 2. The van der Waals surface area contributed by atoms with Crippen molar-refractivity contribution < 1.29 is 4.39 Å².